The fraction of sp³-hybridized carbons (Fsp3) is 0.556. The van der Waals surface area contributed by atoms with Gasteiger partial charge < -0.3 is 14.9 Å². The highest BCUT2D eigenvalue weighted by Gasteiger charge is 2.34. The molecular formula is C9H11N5O4. The first-order valence-electron chi connectivity index (χ1n) is 5.24. The van der Waals surface area contributed by atoms with Gasteiger partial charge in [0.25, 0.3) is 0 Å². The van der Waals surface area contributed by atoms with Gasteiger partial charge in [0.2, 0.25) is 0 Å². The van der Waals surface area contributed by atoms with E-state index < -0.39 is 24.1 Å². The molecule has 1 aromatic heterocycles. The fourth-order valence-electron chi connectivity index (χ4n) is 1.77. The predicted octanol–water partition coefficient (Wildman–Crippen LogP) is -0.174. The van der Waals surface area contributed by atoms with Crippen LogP contribution in [0.3, 0.4) is 0 Å². The molecule has 0 saturated carbocycles. The molecule has 0 aromatic carbocycles. The zero-order chi connectivity index (χ0) is 13.1. The maximum Gasteiger partial charge on any atom is 0.350 e. The fourth-order valence-corrected chi connectivity index (χ4v) is 1.77. The summed E-state index contributed by atoms with van der Waals surface area (Å²) in [6.45, 7) is -0.323. The Labute approximate surface area is 101 Å². The van der Waals surface area contributed by atoms with E-state index in [0.29, 0.717) is 0 Å². The molecule has 0 amide bonds. The molecule has 2 heterocycles. The summed E-state index contributed by atoms with van der Waals surface area (Å²) in [5, 5.41) is 21.7. The SMILES string of the molecule is [N-]=[N+]=Nc1ccn([C@H]2CC(O)[C@@H](CO)O2)c(=O)n1. The average molecular weight is 253 g/mol. The molecule has 9 nitrogen and oxygen atoms in total. The number of ether oxygens (including phenoxy) is 1. The van der Waals surface area contributed by atoms with Gasteiger partial charge in [-0.05, 0) is 16.7 Å². The van der Waals surface area contributed by atoms with Gasteiger partial charge in [0, 0.05) is 17.5 Å². The molecule has 2 N–H and O–H groups in total. The third kappa shape index (κ3) is 2.34. The highest BCUT2D eigenvalue weighted by Crippen LogP contribution is 2.27. The Morgan fingerprint density at radius 2 is 2.50 bits per heavy atom. The van der Waals surface area contributed by atoms with E-state index in [4.69, 9.17) is 15.4 Å². The van der Waals surface area contributed by atoms with Crippen LogP contribution in [0.25, 0.3) is 10.4 Å². The number of nitrogens with zero attached hydrogens (tertiary/aromatic N) is 5. The van der Waals surface area contributed by atoms with Crippen molar-refractivity contribution in [1.29, 1.82) is 0 Å². The molecule has 1 unspecified atom stereocenters. The maximum atomic E-state index is 11.6. The van der Waals surface area contributed by atoms with Crippen molar-refractivity contribution in [1.82, 2.24) is 9.55 Å². The highest BCUT2D eigenvalue weighted by atomic mass is 16.5. The summed E-state index contributed by atoms with van der Waals surface area (Å²) in [7, 11) is 0. The van der Waals surface area contributed by atoms with Crippen molar-refractivity contribution in [3.8, 4) is 0 Å². The minimum absolute atomic E-state index is 0.0315. The minimum Gasteiger partial charge on any atom is -0.394 e. The Bertz CT molecular complexity index is 538. The van der Waals surface area contributed by atoms with Crippen LogP contribution in [0.1, 0.15) is 12.6 Å². The Morgan fingerprint density at radius 1 is 1.72 bits per heavy atom. The molecule has 1 aliphatic rings. The summed E-state index contributed by atoms with van der Waals surface area (Å²) in [6.07, 6.45) is -0.663. The first-order chi connectivity index (χ1) is 8.65. The van der Waals surface area contributed by atoms with Crippen LogP contribution in [0, 0.1) is 0 Å². The molecule has 1 saturated heterocycles. The average Bonchev–Trinajstić information content (AvgIpc) is 2.71. The highest BCUT2D eigenvalue weighted by molar-refractivity contribution is 5.22. The number of aliphatic hydroxyl groups is 2. The van der Waals surface area contributed by atoms with Gasteiger partial charge in [-0.15, -0.1) is 0 Å². The van der Waals surface area contributed by atoms with Crippen molar-refractivity contribution < 1.29 is 14.9 Å². The summed E-state index contributed by atoms with van der Waals surface area (Å²) in [5.41, 5.74) is 7.57. The topological polar surface area (TPSA) is 133 Å². The van der Waals surface area contributed by atoms with Crippen molar-refractivity contribution in [2.45, 2.75) is 24.9 Å². The van der Waals surface area contributed by atoms with Crippen LogP contribution < -0.4 is 5.69 Å². The summed E-state index contributed by atoms with van der Waals surface area (Å²) < 4.78 is 6.48. The van der Waals surface area contributed by atoms with Crippen LogP contribution in [0.4, 0.5) is 5.82 Å². The van der Waals surface area contributed by atoms with Crippen molar-refractivity contribution in [2.75, 3.05) is 6.61 Å². The summed E-state index contributed by atoms with van der Waals surface area (Å²) in [5.74, 6) is -0.0315. The van der Waals surface area contributed by atoms with E-state index in [1.54, 1.807) is 0 Å². The quantitative estimate of drug-likeness (QED) is 0.438. The second-order valence-electron chi connectivity index (χ2n) is 3.78. The first kappa shape index (κ1) is 12.5. The van der Waals surface area contributed by atoms with Gasteiger partial charge >= 0.3 is 5.69 Å². The number of aromatic nitrogens is 2. The van der Waals surface area contributed by atoms with Crippen LogP contribution >= 0.6 is 0 Å². The first-order valence-corrected chi connectivity index (χ1v) is 5.24. The van der Waals surface area contributed by atoms with Crippen molar-refractivity contribution in [2.24, 2.45) is 5.11 Å². The Morgan fingerprint density at radius 3 is 3.06 bits per heavy atom. The summed E-state index contributed by atoms with van der Waals surface area (Å²) in [4.78, 5) is 17.7. The molecule has 1 aromatic rings. The zero-order valence-corrected chi connectivity index (χ0v) is 9.25. The lowest BCUT2D eigenvalue weighted by atomic mass is 10.2. The third-order valence-electron chi connectivity index (χ3n) is 2.66. The molecule has 0 bridgehead atoms. The zero-order valence-electron chi connectivity index (χ0n) is 9.25. The van der Waals surface area contributed by atoms with Crippen LogP contribution in [-0.2, 0) is 4.74 Å². The lowest BCUT2D eigenvalue weighted by Gasteiger charge is -2.13. The molecule has 1 fully saturated rings. The van der Waals surface area contributed by atoms with Crippen LogP contribution in [0.5, 0.6) is 0 Å². The molecular weight excluding hydrogens is 242 g/mol. The van der Waals surface area contributed by atoms with E-state index in [1.165, 1.54) is 16.8 Å². The van der Waals surface area contributed by atoms with E-state index in [0.717, 1.165) is 0 Å². The Kier molecular flexibility index (Phi) is 3.58. The van der Waals surface area contributed by atoms with Gasteiger partial charge in [-0.2, -0.15) is 4.98 Å². The smallest absolute Gasteiger partial charge is 0.350 e. The van der Waals surface area contributed by atoms with Crippen LogP contribution in [0.2, 0.25) is 0 Å². The molecule has 0 aliphatic carbocycles. The molecule has 9 heteroatoms. The van der Waals surface area contributed by atoms with Gasteiger partial charge in [-0.3, -0.25) is 4.57 Å². The van der Waals surface area contributed by atoms with E-state index >= 15 is 0 Å². The lowest BCUT2D eigenvalue weighted by molar-refractivity contribution is -0.0458. The monoisotopic (exact) mass is 253 g/mol. The second kappa shape index (κ2) is 5.15. The van der Waals surface area contributed by atoms with Gasteiger partial charge in [-0.1, -0.05) is 0 Å². The van der Waals surface area contributed by atoms with E-state index in [9.17, 15) is 9.90 Å². The Hall–Kier alpha value is -1.93. The number of aliphatic hydroxyl groups excluding tert-OH is 2. The van der Waals surface area contributed by atoms with Crippen molar-refractivity contribution >= 4 is 5.82 Å². The number of hydrogen-bond donors (Lipinski definition) is 2. The van der Waals surface area contributed by atoms with E-state index in [-0.39, 0.29) is 18.8 Å². The largest absolute Gasteiger partial charge is 0.394 e. The summed E-state index contributed by atoms with van der Waals surface area (Å²) in [6, 6.07) is 1.36. The molecule has 96 valence electrons. The molecule has 0 radical (unpaired) electrons. The molecule has 2 rings (SSSR count). The van der Waals surface area contributed by atoms with Crippen molar-refractivity contribution in [3.05, 3.63) is 33.2 Å². The Balaban J connectivity index is 2.25. The van der Waals surface area contributed by atoms with Gasteiger partial charge in [-0.25, -0.2) is 4.79 Å². The number of hydrogen-bond acceptors (Lipinski definition) is 6. The molecule has 3 atom stereocenters. The van der Waals surface area contributed by atoms with Gasteiger partial charge in [0.1, 0.15) is 18.1 Å². The summed E-state index contributed by atoms with van der Waals surface area (Å²) >= 11 is 0. The molecule has 18 heavy (non-hydrogen) atoms. The molecule has 0 spiro atoms. The number of rotatable bonds is 3. The van der Waals surface area contributed by atoms with E-state index in [2.05, 4.69) is 15.0 Å². The third-order valence-corrected chi connectivity index (χ3v) is 2.66. The van der Waals surface area contributed by atoms with E-state index in [1.807, 2.05) is 0 Å². The standard InChI is InChI=1S/C9H11N5O4/c10-13-12-7-1-2-14(9(17)11-7)8-3-5(16)6(4-15)18-8/h1-2,5-6,8,15-16H,3-4H2/t5?,6-,8-/m1/s1. The van der Waals surface area contributed by atoms with Crippen molar-refractivity contribution in [3.63, 3.8) is 0 Å². The van der Waals surface area contributed by atoms with Gasteiger partial charge in [0.05, 0.1) is 12.7 Å². The van der Waals surface area contributed by atoms with Gasteiger partial charge in [0.15, 0.2) is 0 Å². The van der Waals surface area contributed by atoms with Crippen LogP contribution in [0.15, 0.2) is 22.2 Å². The minimum atomic E-state index is -0.830. The normalized spacial score (nSPS) is 26.9. The predicted molar refractivity (Wildman–Crippen MR) is 58.9 cm³/mol. The lowest BCUT2D eigenvalue weighted by Crippen LogP contribution is -2.27. The van der Waals surface area contributed by atoms with Crippen LogP contribution in [-0.4, -0.2) is 38.6 Å². The molecule has 1 aliphatic heterocycles. The second-order valence-corrected chi connectivity index (χ2v) is 3.78. The maximum absolute atomic E-state index is 11.6. The number of azide groups is 1.